The van der Waals surface area contributed by atoms with Crippen LogP contribution in [0.25, 0.3) is 0 Å². The average Bonchev–Trinajstić information content (AvgIpc) is 2.56. The maximum atomic E-state index is 10.5. The molecular weight excluding hydrogens is 154 g/mol. The van der Waals surface area contributed by atoms with Gasteiger partial charge < -0.3 is 10.1 Å². The molecule has 1 fully saturated rings. The van der Waals surface area contributed by atoms with Gasteiger partial charge in [-0.05, 0) is 12.3 Å². The van der Waals surface area contributed by atoms with Crippen molar-refractivity contribution in [3.05, 3.63) is 0 Å². The molecule has 1 amide bonds. The highest BCUT2D eigenvalue weighted by Gasteiger charge is 2.18. The quantitative estimate of drug-likeness (QED) is 0.621. The van der Waals surface area contributed by atoms with Crippen molar-refractivity contribution in [2.24, 2.45) is 5.92 Å². The molecule has 1 saturated carbocycles. The highest BCUT2D eigenvalue weighted by atomic mass is 16.1. The van der Waals surface area contributed by atoms with Gasteiger partial charge in [-0.25, -0.2) is 0 Å². The molecule has 1 N–H and O–H groups in total. The predicted octanol–water partition coefficient (Wildman–Crippen LogP) is 0.880. The lowest BCUT2D eigenvalue weighted by molar-refractivity contribution is -0.115. The topological polar surface area (TPSA) is 46.2 Å². The molecule has 0 saturated heterocycles. The molecule has 12 heavy (non-hydrogen) atoms. The van der Waals surface area contributed by atoms with Crippen LogP contribution in [0.5, 0.6) is 0 Å². The van der Waals surface area contributed by atoms with Crippen LogP contribution in [0, 0.1) is 5.92 Å². The summed E-state index contributed by atoms with van der Waals surface area (Å²) in [5.74, 6) is 0.646. The molecule has 0 aromatic carbocycles. The van der Waals surface area contributed by atoms with E-state index in [1.807, 2.05) is 0 Å². The summed E-state index contributed by atoms with van der Waals surface area (Å²) in [6.07, 6.45) is 7.23. The Morgan fingerprint density at radius 3 is 2.50 bits per heavy atom. The Kier molecular flexibility index (Phi) is 3.77. The van der Waals surface area contributed by atoms with Crippen molar-refractivity contribution in [1.29, 1.82) is 0 Å². The highest BCUT2D eigenvalue weighted by molar-refractivity contribution is 5.63. The fraction of sp³-hybridized carbons (Fsp3) is 0.778. The van der Waals surface area contributed by atoms with Gasteiger partial charge in [0.25, 0.3) is 0 Å². The van der Waals surface area contributed by atoms with Gasteiger partial charge in [0, 0.05) is 0 Å². The maximum absolute atomic E-state index is 10.5. The van der Waals surface area contributed by atoms with E-state index in [0.29, 0.717) is 12.3 Å². The van der Waals surface area contributed by atoms with Crippen molar-refractivity contribution in [3.8, 4) is 0 Å². The van der Waals surface area contributed by atoms with E-state index < -0.39 is 0 Å². The third kappa shape index (κ3) is 2.64. The van der Waals surface area contributed by atoms with Crippen molar-refractivity contribution in [3.63, 3.8) is 0 Å². The van der Waals surface area contributed by atoms with Gasteiger partial charge in [-0.3, -0.25) is 4.79 Å². The van der Waals surface area contributed by atoms with Crippen molar-refractivity contribution >= 4 is 12.7 Å². The SMILES string of the molecule is O=CN[C@H](C=O)CC1CCCC1. The van der Waals surface area contributed by atoms with E-state index in [4.69, 9.17) is 0 Å². The summed E-state index contributed by atoms with van der Waals surface area (Å²) in [5.41, 5.74) is 0. The monoisotopic (exact) mass is 169 g/mol. The zero-order valence-electron chi connectivity index (χ0n) is 7.16. The molecule has 0 spiro atoms. The summed E-state index contributed by atoms with van der Waals surface area (Å²) >= 11 is 0. The zero-order chi connectivity index (χ0) is 8.81. The van der Waals surface area contributed by atoms with Crippen molar-refractivity contribution < 1.29 is 9.59 Å². The van der Waals surface area contributed by atoms with Crippen LogP contribution in [0.15, 0.2) is 0 Å². The Morgan fingerprint density at radius 1 is 1.33 bits per heavy atom. The van der Waals surface area contributed by atoms with Gasteiger partial charge >= 0.3 is 0 Å². The number of rotatable bonds is 5. The van der Waals surface area contributed by atoms with Gasteiger partial charge in [-0.15, -0.1) is 0 Å². The van der Waals surface area contributed by atoms with Crippen LogP contribution >= 0.6 is 0 Å². The number of aldehydes is 1. The molecule has 68 valence electrons. The maximum Gasteiger partial charge on any atom is 0.207 e. The molecule has 0 bridgehead atoms. The first-order valence-corrected chi connectivity index (χ1v) is 4.52. The minimum absolute atomic E-state index is 0.259. The number of carbonyl (C=O) groups excluding carboxylic acids is 2. The van der Waals surface area contributed by atoms with Crippen LogP contribution in [0.1, 0.15) is 32.1 Å². The van der Waals surface area contributed by atoms with Crippen molar-refractivity contribution in [1.82, 2.24) is 5.32 Å². The lowest BCUT2D eigenvalue weighted by Crippen LogP contribution is -2.30. The van der Waals surface area contributed by atoms with Gasteiger partial charge in [0.05, 0.1) is 6.04 Å². The number of amides is 1. The van der Waals surface area contributed by atoms with Crippen molar-refractivity contribution in [2.75, 3.05) is 0 Å². The van der Waals surface area contributed by atoms with Crippen LogP contribution in [-0.4, -0.2) is 18.7 Å². The van der Waals surface area contributed by atoms with Gasteiger partial charge in [0.15, 0.2) is 0 Å². The van der Waals surface area contributed by atoms with E-state index in [1.54, 1.807) is 0 Å². The Morgan fingerprint density at radius 2 is 2.00 bits per heavy atom. The van der Waals surface area contributed by atoms with Crippen LogP contribution in [0.2, 0.25) is 0 Å². The Bertz CT molecular complexity index is 153. The first-order chi connectivity index (χ1) is 5.86. The number of nitrogens with one attached hydrogen (secondary N) is 1. The van der Waals surface area contributed by atoms with E-state index in [-0.39, 0.29) is 6.04 Å². The highest BCUT2D eigenvalue weighted by Crippen LogP contribution is 2.28. The van der Waals surface area contributed by atoms with Crippen molar-refractivity contribution in [2.45, 2.75) is 38.1 Å². The van der Waals surface area contributed by atoms with Crippen LogP contribution < -0.4 is 5.32 Å². The summed E-state index contributed by atoms with van der Waals surface area (Å²) in [6, 6.07) is -0.259. The third-order valence-corrected chi connectivity index (χ3v) is 2.51. The predicted molar refractivity (Wildman–Crippen MR) is 45.6 cm³/mol. The van der Waals surface area contributed by atoms with Gasteiger partial charge in [-0.2, -0.15) is 0 Å². The molecule has 0 unspecified atom stereocenters. The zero-order valence-corrected chi connectivity index (χ0v) is 7.16. The minimum Gasteiger partial charge on any atom is -0.349 e. The Balaban J connectivity index is 2.25. The molecule has 1 atom stereocenters. The second-order valence-corrected chi connectivity index (χ2v) is 3.41. The third-order valence-electron chi connectivity index (χ3n) is 2.51. The lowest BCUT2D eigenvalue weighted by Gasteiger charge is -2.13. The standard InChI is InChI=1S/C9H15NO2/c11-6-9(10-7-12)5-8-3-1-2-4-8/h6-9H,1-5H2,(H,10,12)/t9-/m0/s1. The van der Waals surface area contributed by atoms with Gasteiger partial charge in [-0.1, -0.05) is 25.7 Å². The molecular formula is C9H15NO2. The van der Waals surface area contributed by atoms with Crippen LogP contribution in [-0.2, 0) is 9.59 Å². The van der Waals surface area contributed by atoms with Gasteiger partial charge in [0.1, 0.15) is 6.29 Å². The van der Waals surface area contributed by atoms with E-state index in [0.717, 1.165) is 12.7 Å². The molecule has 1 rings (SSSR count). The molecule has 1 aliphatic carbocycles. The van der Waals surface area contributed by atoms with Crippen LogP contribution in [0.4, 0.5) is 0 Å². The first-order valence-electron chi connectivity index (χ1n) is 4.52. The van der Waals surface area contributed by atoms with Crippen LogP contribution in [0.3, 0.4) is 0 Å². The summed E-state index contributed by atoms with van der Waals surface area (Å²) in [6.45, 7) is 0. The molecule has 0 heterocycles. The second kappa shape index (κ2) is 4.91. The molecule has 0 aromatic rings. The number of hydrogen-bond acceptors (Lipinski definition) is 2. The molecule has 0 radical (unpaired) electrons. The summed E-state index contributed by atoms with van der Waals surface area (Å²) in [7, 11) is 0. The largest absolute Gasteiger partial charge is 0.349 e. The summed E-state index contributed by atoms with van der Waals surface area (Å²) in [5, 5.41) is 2.51. The second-order valence-electron chi connectivity index (χ2n) is 3.41. The molecule has 3 heteroatoms. The first kappa shape index (κ1) is 9.23. The van der Waals surface area contributed by atoms with E-state index in [9.17, 15) is 9.59 Å². The molecule has 1 aliphatic rings. The lowest BCUT2D eigenvalue weighted by atomic mass is 9.99. The summed E-state index contributed by atoms with van der Waals surface area (Å²) in [4.78, 5) is 20.5. The normalized spacial score (nSPS) is 20.3. The molecule has 0 aromatic heterocycles. The van der Waals surface area contributed by atoms with E-state index in [2.05, 4.69) is 5.32 Å². The Labute approximate surface area is 72.5 Å². The smallest absolute Gasteiger partial charge is 0.207 e. The van der Waals surface area contributed by atoms with Gasteiger partial charge in [0.2, 0.25) is 6.41 Å². The number of hydrogen-bond donors (Lipinski definition) is 1. The fourth-order valence-corrected chi connectivity index (χ4v) is 1.86. The molecule has 0 aliphatic heterocycles. The van der Waals surface area contributed by atoms with E-state index in [1.165, 1.54) is 25.7 Å². The average molecular weight is 169 g/mol. The minimum atomic E-state index is -0.259. The summed E-state index contributed by atoms with van der Waals surface area (Å²) < 4.78 is 0. The fourth-order valence-electron chi connectivity index (χ4n) is 1.86. The number of carbonyl (C=O) groups is 2. The Hall–Kier alpha value is -0.860. The van der Waals surface area contributed by atoms with E-state index >= 15 is 0 Å². The molecule has 3 nitrogen and oxygen atoms in total.